The molecule has 37 heavy (non-hydrogen) atoms. The number of halogens is 1. The number of aromatic nitrogens is 6. The van der Waals surface area contributed by atoms with Gasteiger partial charge in [-0.05, 0) is 77.4 Å². The normalized spacial score (nSPS) is 13.6. The Morgan fingerprint density at radius 2 is 1.97 bits per heavy atom. The first kappa shape index (κ1) is 24.1. The molecule has 0 unspecified atom stereocenters. The smallest absolute Gasteiger partial charge is 0.275 e. The van der Waals surface area contributed by atoms with E-state index >= 15 is 0 Å². The molecule has 5 rings (SSSR count). The summed E-state index contributed by atoms with van der Waals surface area (Å²) in [7, 11) is 0. The summed E-state index contributed by atoms with van der Waals surface area (Å²) in [6.07, 6.45) is 2.25. The van der Waals surface area contributed by atoms with Gasteiger partial charge in [0, 0.05) is 24.8 Å². The van der Waals surface area contributed by atoms with Crippen molar-refractivity contribution in [1.29, 1.82) is 0 Å². The number of tetrazole rings is 1. The summed E-state index contributed by atoms with van der Waals surface area (Å²) < 4.78 is 14.7. The molecule has 0 saturated heterocycles. The Labute approximate surface area is 211 Å². The van der Waals surface area contributed by atoms with Crippen LogP contribution in [0.25, 0.3) is 11.5 Å². The molecular formula is C25H23FN8O3. The summed E-state index contributed by atoms with van der Waals surface area (Å²) in [5.41, 5.74) is 2.80. The fourth-order valence-electron chi connectivity index (χ4n) is 4.06. The van der Waals surface area contributed by atoms with E-state index in [1.54, 1.807) is 42.3 Å². The van der Waals surface area contributed by atoms with Gasteiger partial charge in [0.2, 0.25) is 5.82 Å². The number of aliphatic hydroxyl groups excluding tert-OH is 1. The molecule has 0 spiro atoms. The van der Waals surface area contributed by atoms with E-state index in [0.717, 1.165) is 11.1 Å². The van der Waals surface area contributed by atoms with Gasteiger partial charge in [-0.25, -0.2) is 14.1 Å². The number of rotatable bonds is 6. The summed E-state index contributed by atoms with van der Waals surface area (Å²) >= 11 is 0. The van der Waals surface area contributed by atoms with Crippen LogP contribution >= 0.6 is 0 Å². The van der Waals surface area contributed by atoms with E-state index in [9.17, 15) is 19.1 Å². The number of hydrogen-bond donors (Lipinski definition) is 2. The number of amides is 2. The Morgan fingerprint density at radius 3 is 2.76 bits per heavy atom. The first-order valence-corrected chi connectivity index (χ1v) is 11.6. The van der Waals surface area contributed by atoms with Gasteiger partial charge in [0.1, 0.15) is 23.0 Å². The van der Waals surface area contributed by atoms with Crippen LogP contribution in [0.15, 0.2) is 54.7 Å². The lowest BCUT2D eigenvalue weighted by Crippen LogP contribution is -2.36. The maximum Gasteiger partial charge on any atom is 0.275 e. The molecule has 11 nitrogen and oxygen atoms in total. The van der Waals surface area contributed by atoms with E-state index < -0.39 is 11.7 Å². The molecule has 2 N–H and O–H groups in total. The van der Waals surface area contributed by atoms with Crippen molar-refractivity contribution in [1.82, 2.24) is 35.1 Å². The molecule has 1 aromatic carbocycles. The van der Waals surface area contributed by atoms with Crippen LogP contribution in [0, 0.1) is 5.82 Å². The average Bonchev–Trinajstić information content (AvgIpc) is 3.42. The number of nitrogens with one attached hydrogen (secondary N) is 1. The lowest BCUT2D eigenvalue weighted by molar-refractivity contribution is 0.0734. The highest BCUT2D eigenvalue weighted by atomic mass is 19.1. The van der Waals surface area contributed by atoms with Crippen molar-refractivity contribution in [2.75, 3.05) is 18.5 Å². The first-order chi connectivity index (χ1) is 17.9. The Balaban J connectivity index is 1.32. The van der Waals surface area contributed by atoms with Gasteiger partial charge in [-0.3, -0.25) is 14.6 Å². The van der Waals surface area contributed by atoms with Crippen LogP contribution in [-0.2, 0) is 13.0 Å². The monoisotopic (exact) mass is 502 g/mol. The minimum atomic E-state index is -0.460. The highest BCUT2D eigenvalue weighted by Crippen LogP contribution is 2.22. The molecule has 0 aliphatic carbocycles. The van der Waals surface area contributed by atoms with Crippen LogP contribution in [0.4, 0.5) is 10.2 Å². The molecule has 2 amide bonds. The molecule has 0 fully saturated rings. The summed E-state index contributed by atoms with van der Waals surface area (Å²) in [5, 5.41) is 23.7. The number of aliphatic hydroxyl groups is 1. The van der Waals surface area contributed by atoms with Crippen molar-refractivity contribution < 1.29 is 19.1 Å². The Kier molecular flexibility index (Phi) is 6.64. The molecule has 1 aliphatic rings. The maximum absolute atomic E-state index is 13.2. The van der Waals surface area contributed by atoms with Crippen molar-refractivity contribution in [3.8, 4) is 11.5 Å². The van der Waals surface area contributed by atoms with E-state index in [0.29, 0.717) is 36.6 Å². The van der Waals surface area contributed by atoms with Crippen molar-refractivity contribution >= 4 is 17.6 Å². The second-order valence-electron chi connectivity index (χ2n) is 8.66. The van der Waals surface area contributed by atoms with Gasteiger partial charge in [0.05, 0.1) is 12.6 Å². The minimum Gasteiger partial charge on any atom is -0.394 e. The van der Waals surface area contributed by atoms with Gasteiger partial charge in [-0.2, -0.15) is 0 Å². The molecule has 4 heterocycles. The Bertz CT molecular complexity index is 1460. The van der Waals surface area contributed by atoms with Crippen LogP contribution in [0.2, 0.25) is 0 Å². The Morgan fingerprint density at radius 1 is 1.16 bits per heavy atom. The summed E-state index contributed by atoms with van der Waals surface area (Å²) in [5.74, 6) is -0.428. The van der Waals surface area contributed by atoms with Gasteiger partial charge in [-0.1, -0.05) is 6.07 Å². The zero-order chi connectivity index (χ0) is 25.9. The maximum atomic E-state index is 13.2. The fourth-order valence-corrected chi connectivity index (χ4v) is 4.06. The first-order valence-electron chi connectivity index (χ1n) is 11.6. The van der Waals surface area contributed by atoms with Gasteiger partial charge in [-0.15, -0.1) is 5.10 Å². The van der Waals surface area contributed by atoms with Crippen molar-refractivity contribution in [3.05, 3.63) is 82.9 Å². The molecule has 1 atom stereocenters. The average molecular weight is 503 g/mol. The highest BCUT2D eigenvalue weighted by molar-refractivity contribution is 6.02. The lowest BCUT2D eigenvalue weighted by Gasteiger charge is -2.29. The third kappa shape index (κ3) is 5.05. The predicted molar refractivity (Wildman–Crippen MR) is 130 cm³/mol. The number of hydrogen-bond acceptors (Lipinski definition) is 8. The van der Waals surface area contributed by atoms with E-state index in [1.807, 2.05) is 0 Å². The van der Waals surface area contributed by atoms with Crippen molar-refractivity contribution in [3.63, 3.8) is 0 Å². The van der Waals surface area contributed by atoms with Gasteiger partial charge < -0.3 is 15.3 Å². The van der Waals surface area contributed by atoms with Gasteiger partial charge >= 0.3 is 0 Å². The van der Waals surface area contributed by atoms with Crippen LogP contribution < -0.4 is 5.32 Å². The molecule has 0 radical (unpaired) electrons. The molecule has 4 aromatic rings. The van der Waals surface area contributed by atoms with E-state index in [2.05, 4.69) is 30.8 Å². The van der Waals surface area contributed by atoms with Crippen LogP contribution in [0.3, 0.4) is 0 Å². The number of carbonyl (C=O) groups excluding carboxylic acids is 2. The van der Waals surface area contributed by atoms with Crippen molar-refractivity contribution in [2.45, 2.75) is 25.9 Å². The van der Waals surface area contributed by atoms with Crippen LogP contribution in [0.5, 0.6) is 0 Å². The molecule has 0 saturated carbocycles. The number of nitrogens with zero attached hydrogens (tertiary/aromatic N) is 7. The number of anilines is 1. The number of pyridine rings is 2. The Hall–Kier alpha value is -4.58. The van der Waals surface area contributed by atoms with E-state index in [4.69, 9.17) is 0 Å². The van der Waals surface area contributed by atoms with Crippen molar-refractivity contribution in [2.24, 2.45) is 0 Å². The second-order valence-corrected chi connectivity index (χ2v) is 8.66. The zero-order valence-corrected chi connectivity index (χ0v) is 19.9. The zero-order valence-electron chi connectivity index (χ0n) is 19.9. The van der Waals surface area contributed by atoms with Gasteiger partial charge in [0.25, 0.3) is 11.8 Å². The second kappa shape index (κ2) is 10.2. The summed E-state index contributed by atoms with van der Waals surface area (Å²) in [6, 6.07) is 11.8. The molecule has 188 valence electrons. The fraction of sp³-hybridized carbons (Fsp3) is 0.240. The van der Waals surface area contributed by atoms with E-state index in [1.165, 1.54) is 28.9 Å². The van der Waals surface area contributed by atoms with Gasteiger partial charge in [0.15, 0.2) is 0 Å². The molecule has 1 aliphatic heterocycles. The summed E-state index contributed by atoms with van der Waals surface area (Å²) in [6.45, 7) is 2.43. The molecule has 0 bridgehead atoms. The quantitative estimate of drug-likeness (QED) is 0.409. The SMILES string of the molecule is C[C@H](CO)n1nnnc1-c1cccc(NC(=O)c2cc3c(cn2)CCN(C(=O)c2ccc(F)cc2)C3)n1. The molecule has 12 heteroatoms. The third-order valence-corrected chi connectivity index (χ3v) is 6.10. The minimum absolute atomic E-state index is 0.147. The number of fused-ring (bicyclic) bond motifs is 1. The third-order valence-electron chi connectivity index (χ3n) is 6.10. The highest BCUT2D eigenvalue weighted by Gasteiger charge is 2.24. The van der Waals surface area contributed by atoms with Crippen LogP contribution in [-0.4, -0.2) is 65.1 Å². The predicted octanol–water partition coefficient (Wildman–Crippen LogP) is 2.27. The molecule has 3 aromatic heterocycles. The largest absolute Gasteiger partial charge is 0.394 e. The van der Waals surface area contributed by atoms with E-state index in [-0.39, 0.29) is 30.1 Å². The summed E-state index contributed by atoms with van der Waals surface area (Å²) in [4.78, 5) is 36.2. The number of carbonyl (C=O) groups is 2. The van der Waals surface area contributed by atoms with Crippen LogP contribution in [0.1, 0.15) is 44.9 Å². The number of benzene rings is 1. The molecular weight excluding hydrogens is 479 g/mol. The standard InChI is InChI=1S/C25H23FN8O3/c1-15(14-35)34-23(30-31-32-34)20-3-2-4-22(28-20)29-24(36)21-11-18-13-33(10-9-17(18)12-27-21)25(37)16-5-7-19(26)8-6-16/h2-8,11-12,15,35H,9-10,13-14H2,1H3,(H,28,29,36)/t15-/m1/s1. The lowest BCUT2D eigenvalue weighted by atomic mass is 10.00. The topological polar surface area (TPSA) is 139 Å².